The minimum Gasteiger partial charge on any atom is -0.497 e. The average Bonchev–Trinajstić information content (AvgIpc) is 3.19. The second-order valence-electron chi connectivity index (χ2n) is 9.11. The Kier molecular flexibility index (Phi) is 5.44. The summed E-state index contributed by atoms with van der Waals surface area (Å²) in [4.78, 5) is 19.2. The van der Waals surface area contributed by atoms with E-state index in [-0.39, 0.29) is 36.1 Å². The van der Waals surface area contributed by atoms with Crippen LogP contribution in [0.2, 0.25) is 0 Å². The highest BCUT2D eigenvalue weighted by Crippen LogP contribution is 2.50. The summed E-state index contributed by atoms with van der Waals surface area (Å²) < 4.78 is 22.2. The molecule has 0 amide bonds. The number of H-pyrrole nitrogens is 1. The van der Waals surface area contributed by atoms with Gasteiger partial charge in [-0.25, -0.2) is 0 Å². The van der Waals surface area contributed by atoms with Crippen molar-refractivity contribution >= 4 is 16.9 Å². The minimum absolute atomic E-state index is 0.0900. The number of ether oxygens (including phenoxy) is 4. The molecule has 6 atom stereocenters. The van der Waals surface area contributed by atoms with Gasteiger partial charge in [0.05, 0.1) is 38.4 Å². The van der Waals surface area contributed by atoms with Crippen LogP contribution in [0.4, 0.5) is 0 Å². The first kappa shape index (κ1) is 20.8. The molecule has 1 aromatic heterocycles. The Morgan fingerprint density at radius 3 is 2.68 bits per heavy atom. The Bertz CT molecular complexity index is 972. The molecule has 1 aromatic carbocycles. The fraction of sp³-hybridized carbons (Fsp3) is 0.625. The Morgan fingerprint density at radius 1 is 1.13 bits per heavy atom. The third-order valence-electron chi connectivity index (χ3n) is 7.90. The van der Waals surface area contributed by atoms with E-state index in [1.165, 1.54) is 23.8 Å². The Balaban J connectivity index is 1.52. The molecule has 2 fully saturated rings. The maximum atomic E-state index is 12.9. The summed E-state index contributed by atoms with van der Waals surface area (Å²) in [5.41, 5.74) is 3.82. The molecule has 1 saturated carbocycles. The van der Waals surface area contributed by atoms with E-state index >= 15 is 0 Å². The van der Waals surface area contributed by atoms with Gasteiger partial charge in [0.15, 0.2) is 0 Å². The molecule has 2 aromatic rings. The molecule has 1 aliphatic carbocycles. The second kappa shape index (κ2) is 8.11. The number of carbonyl (C=O) groups excluding carboxylic acids is 1. The van der Waals surface area contributed by atoms with Crippen molar-refractivity contribution in [2.45, 2.75) is 37.5 Å². The maximum Gasteiger partial charge on any atom is 0.311 e. The molecule has 5 rings (SSSR count). The van der Waals surface area contributed by atoms with Gasteiger partial charge in [-0.15, -0.1) is 0 Å². The lowest BCUT2D eigenvalue weighted by molar-refractivity contribution is -0.179. The molecule has 31 heavy (non-hydrogen) atoms. The molecular formula is C24H32N2O5. The molecule has 168 valence electrons. The van der Waals surface area contributed by atoms with E-state index in [0.717, 1.165) is 43.6 Å². The molecule has 0 unspecified atom stereocenters. The van der Waals surface area contributed by atoms with Gasteiger partial charge in [0.2, 0.25) is 0 Å². The Labute approximate surface area is 183 Å². The summed E-state index contributed by atoms with van der Waals surface area (Å²) in [6.07, 6.45) is 2.49. The van der Waals surface area contributed by atoms with Crippen molar-refractivity contribution in [3.05, 3.63) is 29.5 Å². The zero-order valence-electron chi connectivity index (χ0n) is 18.7. The molecule has 0 spiro atoms. The predicted molar refractivity (Wildman–Crippen MR) is 116 cm³/mol. The number of fused-ring (bicyclic) bond motifs is 6. The van der Waals surface area contributed by atoms with Crippen LogP contribution < -0.4 is 4.74 Å². The van der Waals surface area contributed by atoms with Crippen molar-refractivity contribution in [1.29, 1.82) is 0 Å². The first-order valence-electron chi connectivity index (χ1n) is 11.2. The lowest BCUT2D eigenvalue weighted by Gasteiger charge is -2.53. The molecule has 2 aliphatic heterocycles. The van der Waals surface area contributed by atoms with Gasteiger partial charge < -0.3 is 23.9 Å². The van der Waals surface area contributed by atoms with Crippen molar-refractivity contribution in [3.8, 4) is 5.75 Å². The van der Waals surface area contributed by atoms with E-state index in [4.69, 9.17) is 18.9 Å². The van der Waals surface area contributed by atoms with E-state index in [2.05, 4.69) is 22.0 Å². The van der Waals surface area contributed by atoms with Crippen LogP contribution in [-0.4, -0.2) is 69.6 Å². The second-order valence-corrected chi connectivity index (χ2v) is 9.11. The third-order valence-corrected chi connectivity index (χ3v) is 7.90. The van der Waals surface area contributed by atoms with Gasteiger partial charge in [-0.2, -0.15) is 0 Å². The first-order chi connectivity index (χ1) is 15.1. The van der Waals surface area contributed by atoms with Gasteiger partial charge in [0, 0.05) is 50.0 Å². The van der Waals surface area contributed by atoms with E-state index < -0.39 is 0 Å². The number of aromatic nitrogens is 1. The van der Waals surface area contributed by atoms with Gasteiger partial charge in [0.25, 0.3) is 0 Å². The molecule has 7 nitrogen and oxygen atoms in total. The number of methoxy groups -OCH3 is 4. The average molecular weight is 429 g/mol. The van der Waals surface area contributed by atoms with Gasteiger partial charge >= 0.3 is 5.97 Å². The van der Waals surface area contributed by atoms with Gasteiger partial charge in [-0.1, -0.05) is 0 Å². The number of piperidine rings is 1. The summed E-state index contributed by atoms with van der Waals surface area (Å²) in [5, 5.41) is 1.28. The fourth-order valence-corrected chi connectivity index (χ4v) is 6.47. The molecule has 0 bridgehead atoms. The topological polar surface area (TPSA) is 73.0 Å². The number of hydrogen-bond acceptors (Lipinski definition) is 6. The minimum atomic E-state index is -0.310. The van der Waals surface area contributed by atoms with Crippen molar-refractivity contribution in [2.24, 2.45) is 17.8 Å². The van der Waals surface area contributed by atoms with Crippen molar-refractivity contribution in [1.82, 2.24) is 9.88 Å². The molecular weight excluding hydrogens is 396 g/mol. The Morgan fingerprint density at radius 2 is 1.97 bits per heavy atom. The number of hydrogen-bond donors (Lipinski definition) is 1. The number of benzene rings is 1. The van der Waals surface area contributed by atoms with Gasteiger partial charge in [0.1, 0.15) is 5.75 Å². The molecule has 1 saturated heterocycles. The lowest BCUT2D eigenvalue weighted by atomic mass is 9.64. The van der Waals surface area contributed by atoms with Gasteiger partial charge in [-0.05, 0) is 48.8 Å². The number of esters is 1. The van der Waals surface area contributed by atoms with Crippen LogP contribution in [0.3, 0.4) is 0 Å². The number of aromatic amines is 1. The Hall–Kier alpha value is -2.09. The maximum absolute atomic E-state index is 12.9. The monoisotopic (exact) mass is 428 g/mol. The predicted octanol–water partition coefficient (Wildman–Crippen LogP) is 2.93. The third kappa shape index (κ3) is 3.25. The summed E-state index contributed by atoms with van der Waals surface area (Å²) >= 11 is 0. The van der Waals surface area contributed by atoms with Crippen molar-refractivity contribution in [2.75, 3.05) is 41.5 Å². The lowest BCUT2D eigenvalue weighted by Crippen LogP contribution is -2.58. The van der Waals surface area contributed by atoms with E-state index in [1.807, 2.05) is 6.07 Å². The van der Waals surface area contributed by atoms with E-state index in [1.54, 1.807) is 21.3 Å². The van der Waals surface area contributed by atoms with Crippen LogP contribution in [0.5, 0.6) is 5.75 Å². The van der Waals surface area contributed by atoms with Gasteiger partial charge in [-0.3, -0.25) is 9.69 Å². The highest BCUT2D eigenvalue weighted by Gasteiger charge is 2.53. The van der Waals surface area contributed by atoms with Crippen LogP contribution in [-0.2, 0) is 25.4 Å². The summed E-state index contributed by atoms with van der Waals surface area (Å²) in [6.45, 7) is 2.01. The zero-order valence-corrected chi connectivity index (χ0v) is 18.7. The van der Waals surface area contributed by atoms with Crippen LogP contribution in [0.15, 0.2) is 18.2 Å². The quantitative estimate of drug-likeness (QED) is 0.755. The number of rotatable bonds is 4. The van der Waals surface area contributed by atoms with E-state index in [0.29, 0.717) is 5.92 Å². The van der Waals surface area contributed by atoms with E-state index in [9.17, 15) is 4.79 Å². The highest BCUT2D eigenvalue weighted by atomic mass is 16.5. The molecule has 7 heteroatoms. The van der Waals surface area contributed by atoms with Crippen molar-refractivity contribution in [3.63, 3.8) is 0 Å². The molecule has 3 heterocycles. The van der Waals surface area contributed by atoms with Crippen LogP contribution >= 0.6 is 0 Å². The van der Waals surface area contributed by atoms with Crippen molar-refractivity contribution < 1.29 is 23.7 Å². The van der Waals surface area contributed by atoms with Crippen LogP contribution in [0, 0.1) is 17.8 Å². The summed E-state index contributed by atoms with van der Waals surface area (Å²) in [6, 6.07) is 6.54. The molecule has 1 N–H and O–H groups in total. The number of carbonyl (C=O) groups is 1. The highest BCUT2D eigenvalue weighted by molar-refractivity contribution is 5.86. The first-order valence-corrected chi connectivity index (χ1v) is 11.2. The standard InChI is InChI=1S/C24H32N2O5/c1-28-14-5-6-15-16-7-8-26-12-13-9-20(29-2)23(30-3)21(24(27)31-4)17(13)11-19(26)22(16)25-18(15)10-14/h5-6,10,13,17,19-21,23,25H,7-9,11-12H2,1-4H3/t13-,17-,19+,20+,21-,23+/m1/s1. The normalized spacial score (nSPS) is 32.8. The molecule has 3 aliphatic rings. The largest absolute Gasteiger partial charge is 0.497 e. The van der Waals surface area contributed by atoms with Crippen LogP contribution in [0.25, 0.3) is 10.9 Å². The smallest absolute Gasteiger partial charge is 0.311 e. The zero-order chi connectivity index (χ0) is 21.7. The molecule has 0 radical (unpaired) electrons. The van der Waals surface area contributed by atoms with Crippen LogP contribution in [0.1, 0.15) is 30.1 Å². The number of nitrogens with zero attached hydrogens (tertiary/aromatic N) is 1. The summed E-state index contributed by atoms with van der Waals surface area (Å²) in [5.74, 6) is 0.961. The fourth-order valence-electron chi connectivity index (χ4n) is 6.47. The SMILES string of the molecule is COC(=O)[C@@H]1[C@@H]2C[C@H]3c4[nH]c5cc(OC)ccc5c4CCN3C[C@H]2C[C@H](OC)[C@@H]1OC. The number of nitrogens with one attached hydrogen (secondary N) is 1. The summed E-state index contributed by atoms with van der Waals surface area (Å²) in [7, 11) is 6.55.